The number of benzene rings is 2. The largest absolute Gasteiger partial charge is 0.332 e. The van der Waals surface area contributed by atoms with E-state index in [9.17, 15) is 9.59 Å². The average molecular weight is 428 g/mol. The third-order valence-electron chi connectivity index (χ3n) is 6.31. The third-order valence-corrected chi connectivity index (χ3v) is 6.31. The molecule has 0 radical (unpaired) electrons. The van der Waals surface area contributed by atoms with E-state index in [0.717, 1.165) is 33.8 Å². The van der Waals surface area contributed by atoms with Gasteiger partial charge in [-0.2, -0.15) is 4.98 Å². The molecule has 0 unspecified atom stereocenters. The van der Waals surface area contributed by atoms with Crippen molar-refractivity contribution >= 4 is 16.9 Å². The second-order valence-electron chi connectivity index (χ2n) is 8.43. The number of rotatable bonds is 3. The van der Waals surface area contributed by atoms with Crippen LogP contribution < -0.4 is 11.2 Å². The van der Waals surface area contributed by atoms with Crippen LogP contribution in [0.4, 0.5) is 0 Å². The van der Waals surface area contributed by atoms with Gasteiger partial charge in [-0.25, -0.2) is 4.79 Å². The van der Waals surface area contributed by atoms with E-state index in [1.165, 1.54) is 9.13 Å². The Labute approximate surface area is 184 Å². The van der Waals surface area contributed by atoms with Gasteiger partial charge in [0.25, 0.3) is 5.56 Å². The van der Waals surface area contributed by atoms with Crippen LogP contribution >= 0.6 is 0 Å². The van der Waals surface area contributed by atoms with Gasteiger partial charge in [-0.1, -0.05) is 42.5 Å². The van der Waals surface area contributed by atoms with Crippen molar-refractivity contribution in [1.29, 1.82) is 0 Å². The summed E-state index contributed by atoms with van der Waals surface area (Å²) in [6, 6.07) is 15.8. The Kier molecular flexibility index (Phi) is 4.44. The van der Waals surface area contributed by atoms with E-state index in [1.54, 1.807) is 7.05 Å². The number of imidazole rings is 2. The number of fused-ring (bicyclic) bond motifs is 3. The molecule has 3 aromatic heterocycles. The highest BCUT2D eigenvalue weighted by molar-refractivity contribution is 5.77. The van der Waals surface area contributed by atoms with Crippen molar-refractivity contribution in [2.45, 2.75) is 34.2 Å². The van der Waals surface area contributed by atoms with Crippen LogP contribution in [-0.4, -0.2) is 23.1 Å². The van der Waals surface area contributed by atoms with Crippen molar-refractivity contribution in [3.63, 3.8) is 0 Å². The molecule has 2 aromatic carbocycles. The van der Waals surface area contributed by atoms with Gasteiger partial charge in [-0.15, -0.1) is 0 Å². The van der Waals surface area contributed by atoms with Crippen LogP contribution in [0, 0.1) is 27.7 Å². The van der Waals surface area contributed by atoms with Crippen molar-refractivity contribution in [3.8, 4) is 5.69 Å². The van der Waals surface area contributed by atoms with Crippen LogP contribution in [0.15, 0.2) is 58.1 Å². The summed E-state index contributed by atoms with van der Waals surface area (Å²) in [6.45, 7) is 8.34. The molecule has 0 fully saturated rings. The molecule has 0 aliphatic heterocycles. The quantitative estimate of drug-likeness (QED) is 0.443. The fourth-order valence-corrected chi connectivity index (χ4v) is 4.40. The first-order valence-corrected chi connectivity index (χ1v) is 10.6. The predicted molar refractivity (Wildman–Crippen MR) is 126 cm³/mol. The first kappa shape index (κ1) is 20.1. The Balaban J connectivity index is 1.88. The molecule has 7 nitrogen and oxygen atoms in total. The minimum Gasteiger partial charge on any atom is -0.282 e. The van der Waals surface area contributed by atoms with E-state index < -0.39 is 0 Å². The lowest BCUT2D eigenvalue weighted by atomic mass is 10.1. The van der Waals surface area contributed by atoms with E-state index in [0.29, 0.717) is 16.9 Å². The number of nitrogens with zero attached hydrogens (tertiary/aromatic N) is 5. The van der Waals surface area contributed by atoms with Gasteiger partial charge in [-0.05, 0) is 50.5 Å². The van der Waals surface area contributed by atoms with Gasteiger partial charge in [0.1, 0.15) is 0 Å². The van der Waals surface area contributed by atoms with E-state index in [2.05, 4.69) is 36.6 Å². The predicted octanol–water partition coefficient (Wildman–Crippen LogP) is 3.42. The Bertz CT molecular complexity index is 1630. The van der Waals surface area contributed by atoms with Gasteiger partial charge in [0, 0.05) is 18.4 Å². The van der Waals surface area contributed by atoms with E-state index >= 15 is 0 Å². The van der Waals surface area contributed by atoms with Crippen molar-refractivity contribution in [3.05, 3.63) is 97.4 Å². The van der Waals surface area contributed by atoms with Gasteiger partial charge < -0.3 is 0 Å². The molecule has 7 heteroatoms. The first-order chi connectivity index (χ1) is 15.3. The number of hydrogen-bond donors (Lipinski definition) is 0. The van der Waals surface area contributed by atoms with Crippen LogP contribution in [0.5, 0.6) is 0 Å². The van der Waals surface area contributed by atoms with Crippen molar-refractivity contribution in [2.24, 2.45) is 7.05 Å². The monoisotopic (exact) mass is 427 g/mol. The summed E-state index contributed by atoms with van der Waals surface area (Å²) in [5, 5.41) is 0. The normalized spacial score (nSPS) is 11.7. The highest BCUT2D eigenvalue weighted by Gasteiger charge is 2.23. The molecule has 0 spiro atoms. The van der Waals surface area contributed by atoms with Gasteiger partial charge >= 0.3 is 5.69 Å². The van der Waals surface area contributed by atoms with Crippen molar-refractivity contribution in [2.75, 3.05) is 0 Å². The molecular formula is C25H25N5O2. The molecule has 3 heterocycles. The first-order valence-electron chi connectivity index (χ1n) is 10.6. The molecule has 0 aliphatic rings. The number of aromatic nitrogens is 5. The molecule has 5 aromatic rings. The van der Waals surface area contributed by atoms with Crippen molar-refractivity contribution in [1.82, 2.24) is 23.1 Å². The Morgan fingerprint density at radius 1 is 0.906 bits per heavy atom. The maximum atomic E-state index is 13.6. The second-order valence-corrected chi connectivity index (χ2v) is 8.43. The van der Waals surface area contributed by atoms with Gasteiger partial charge in [0.05, 0.1) is 12.2 Å². The molecule has 32 heavy (non-hydrogen) atoms. The van der Waals surface area contributed by atoms with Gasteiger partial charge in [0.15, 0.2) is 11.2 Å². The fourth-order valence-electron chi connectivity index (χ4n) is 4.40. The van der Waals surface area contributed by atoms with Crippen LogP contribution in [-0.2, 0) is 13.6 Å². The van der Waals surface area contributed by atoms with Gasteiger partial charge in [-0.3, -0.25) is 22.9 Å². The Hall–Kier alpha value is -3.87. The molecule has 0 saturated heterocycles. The Morgan fingerprint density at radius 2 is 1.62 bits per heavy atom. The molecule has 0 atom stereocenters. The van der Waals surface area contributed by atoms with Crippen LogP contribution in [0.2, 0.25) is 0 Å². The minimum absolute atomic E-state index is 0.214. The third kappa shape index (κ3) is 2.77. The lowest BCUT2D eigenvalue weighted by Crippen LogP contribution is -2.39. The van der Waals surface area contributed by atoms with Crippen LogP contribution in [0.25, 0.3) is 22.6 Å². The lowest BCUT2D eigenvalue weighted by molar-refractivity contribution is 0.656. The standard InChI is InChI=1S/C25H25N5O2/c1-15-11-12-16(2)20(13-15)29-17(3)18(4)30-21-22(26-24(29)30)27(5)25(32)28(23(21)31)14-19-9-7-6-8-10-19/h6-13H,14H2,1-5H3. The zero-order chi connectivity index (χ0) is 22.7. The maximum absolute atomic E-state index is 13.6. The summed E-state index contributed by atoms with van der Waals surface area (Å²) in [4.78, 5) is 31.5. The molecule has 0 aliphatic carbocycles. The summed E-state index contributed by atoms with van der Waals surface area (Å²) < 4.78 is 6.71. The molecule has 162 valence electrons. The number of hydrogen-bond acceptors (Lipinski definition) is 3. The Morgan fingerprint density at radius 3 is 2.34 bits per heavy atom. The van der Waals surface area contributed by atoms with E-state index in [-0.39, 0.29) is 17.8 Å². The summed E-state index contributed by atoms with van der Waals surface area (Å²) in [5.41, 5.74) is 6.20. The lowest BCUT2D eigenvalue weighted by Gasteiger charge is -2.11. The summed E-state index contributed by atoms with van der Waals surface area (Å²) in [6.07, 6.45) is 0. The smallest absolute Gasteiger partial charge is 0.282 e. The summed E-state index contributed by atoms with van der Waals surface area (Å²) in [7, 11) is 1.67. The van der Waals surface area contributed by atoms with Crippen molar-refractivity contribution < 1.29 is 0 Å². The van der Waals surface area contributed by atoms with E-state index in [4.69, 9.17) is 4.98 Å². The van der Waals surface area contributed by atoms with Crippen LogP contribution in [0.3, 0.4) is 0 Å². The molecule has 0 saturated carbocycles. The SMILES string of the molecule is Cc1ccc(C)c(-n2c(C)c(C)n3c4c(=O)n(Cc5ccccc5)c(=O)n(C)c4nc23)c1. The molecule has 0 amide bonds. The maximum Gasteiger partial charge on any atom is 0.332 e. The van der Waals surface area contributed by atoms with Gasteiger partial charge in [0.2, 0.25) is 5.78 Å². The fraction of sp³-hybridized carbons (Fsp3) is 0.240. The second kappa shape index (κ2) is 7.09. The summed E-state index contributed by atoms with van der Waals surface area (Å²) in [5.74, 6) is 0.633. The number of aryl methyl sites for hydroxylation is 4. The average Bonchev–Trinajstić information content (AvgIpc) is 3.28. The minimum atomic E-state index is -0.375. The molecule has 0 bridgehead atoms. The zero-order valence-electron chi connectivity index (χ0n) is 18.9. The zero-order valence-corrected chi connectivity index (χ0v) is 18.9. The molecule has 0 N–H and O–H groups in total. The van der Waals surface area contributed by atoms with E-state index in [1.807, 2.05) is 48.6 Å². The highest BCUT2D eigenvalue weighted by Crippen LogP contribution is 2.26. The highest BCUT2D eigenvalue weighted by atomic mass is 16.2. The molecular weight excluding hydrogens is 402 g/mol. The topological polar surface area (TPSA) is 66.2 Å². The van der Waals surface area contributed by atoms with Crippen LogP contribution in [0.1, 0.15) is 28.1 Å². The molecule has 5 rings (SSSR count). The summed E-state index contributed by atoms with van der Waals surface area (Å²) >= 11 is 0.